The Kier molecular flexibility index (Phi) is 38.7. The molecule has 0 aromatic heterocycles. The van der Waals surface area contributed by atoms with E-state index >= 15 is 0 Å². The van der Waals surface area contributed by atoms with Gasteiger partial charge < -0.3 is 30.1 Å². The molecule has 0 aromatic rings. The molecular formula is B2O6ScY. The first-order valence-corrected chi connectivity index (χ1v) is 1.41. The molecular weight excluding hydrogens is 251 g/mol. The molecule has 0 aliphatic rings. The van der Waals surface area contributed by atoms with Crippen LogP contribution >= 0.6 is 0 Å². The van der Waals surface area contributed by atoms with E-state index in [0.29, 0.717) is 0 Å². The molecule has 0 amide bonds. The van der Waals surface area contributed by atoms with Gasteiger partial charge in [0.1, 0.15) is 0 Å². The topological polar surface area (TPSA) is 138 Å². The van der Waals surface area contributed by atoms with E-state index in [2.05, 4.69) is 0 Å². The van der Waals surface area contributed by atoms with Crippen LogP contribution in [0.25, 0.3) is 0 Å². The van der Waals surface area contributed by atoms with E-state index in [1.165, 1.54) is 0 Å². The molecule has 6 nitrogen and oxygen atoms in total. The summed E-state index contributed by atoms with van der Waals surface area (Å²) >= 11 is 0. The Bertz CT molecular complexity index is 31.2. The minimum atomic E-state index is -2.92. The zero-order valence-electron chi connectivity index (χ0n) is 4.76. The van der Waals surface area contributed by atoms with Gasteiger partial charge in [-0.15, -0.1) is 0 Å². The van der Waals surface area contributed by atoms with Crippen LogP contribution in [0.4, 0.5) is 0 Å². The summed E-state index contributed by atoms with van der Waals surface area (Å²) in [7, 11) is -5.83. The van der Waals surface area contributed by atoms with Gasteiger partial charge in [0, 0.05) is 0 Å². The Morgan fingerprint density at radius 3 is 0.600 bits per heavy atom. The van der Waals surface area contributed by atoms with Crippen molar-refractivity contribution in [1.29, 1.82) is 0 Å². The molecule has 0 atom stereocenters. The van der Waals surface area contributed by atoms with Gasteiger partial charge in [-0.05, 0) is 0 Å². The van der Waals surface area contributed by atoms with Crippen molar-refractivity contribution in [2.75, 3.05) is 0 Å². The van der Waals surface area contributed by atoms with Crippen LogP contribution in [0.2, 0.25) is 0 Å². The van der Waals surface area contributed by atoms with Crippen LogP contribution in [-0.2, 0) is 58.6 Å². The Morgan fingerprint density at radius 2 is 0.600 bits per heavy atom. The zero-order chi connectivity index (χ0) is 7.15. The maximum absolute atomic E-state index is 8.42. The molecule has 10 heavy (non-hydrogen) atoms. The number of hydrogen-bond donors (Lipinski definition) is 0. The largest absolute Gasteiger partial charge is 3.00 e. The first-order chi connectivity index (χ1) is 3.46. The molecule has 0 saturated heterocycles. The van der Waals surface area contributed by atoms with Gasteiger partial charge in [-0.1, -0.05) is 0 Å². The second kappa shape index (κ2) is 17.1. The minimum Gasteiger partial charge on any atom is -0.907 e. The smallest absolute Gasteiger partial charge is 0.907 e. The standard InChI is InChI=1S/2BO3.Sc.Y/c2*2-1(3)4;;/q2*-3;2*+3. The third kappa shape index (κ3) is 223. The molecule has 0 spiro atoms. The fourth-order valence-electron chi connectivity index (χ4n) is 0. The molecule has 0 aliphatic carbocycles. The summed E-state index contributed by atoms with van der Waals surface area (Å²) in [6.45, 7) is 0. The summed E-state index contributed by atoms with van der Waals surface area (Å²) < 4.78 is 0. The Hall–Kier alpha value is 1.86. The van der Waals surface area contributed by atoms with Crippen molar-refractivity contribution in [1.82, 2.24) is 0 Å². The molecule has 0 unspecified atom stereocenters. The number of hydrogen-bond acceptors (Lipinski definition) is 6. The third-order valence-electron chi connectivity index (χ3n) is 0. The van der Waals surface area contributed by atoms with Crippen molar-refractivity contribution in [2.45, 2.75) is 0 Å². The predicted molar refractivity (Wildman–Crippen MR) is 11.5 cm³/mol. The molecule has 0 radical (unpaired) electrons. The Balaban J connectivity index is -0.0000000300. The summed E-state index contributed by atoms with van der Waals surface area (Å²) in [5.74, 6) is 0. The molecule has 10 heteroatoms. The Morgan fingerprint density at radius 1 is 0.600 bits per heavy atom. The van der Waals surface area contributed by atoms with Gasteiger partial charge in [-0.25, -0.2) is 0 Å². The van der Waals surface area contributed by atoms with Crippen molar-refractivity contribution >= 4 is 14.6 Å². The fraction of sp³-hybridized carbons (Fsp3) is 0. The summed E-state index contributed by atoms with van der Waals surface area (Å²) in [5.41, 5.74) is 0. The predicted octanol–water partition coefficient (Wildman–Crippen LogP) is -7.90. The van der Waals surface area contributed by atoms with Crippen molar-refractivity contribution in [2.24, 2.45) is 0 Å². The van der Waals surface area contributed by atoms with Crippen LogP contribution in [0.1, 0.15) is 0 Å². The van der Waals surface area contributed by atoms with Crippen LogP contribution in [0, 0.1) is 0 Å². The quantitative estimate of drug-likeness (QED) is 0.392. The first kappa shape index (κ1) is 22.6. The van der Waals surface area contributed by atoms with E-state index in [1.54, 1.807) is 0 Å². The molecule has 0 aliphatic heterocycles. The molecule has 0 heterocycles. The Labute approximate surface area is 102 Å². The molecule has 0 rings (SSSR count). The average molecular weight is 251 g/mol. The molecule has 0 saturated carbocycles. The monoisotopic (exact) mass is 252 g/mol. The maximum Gasteiger partial charge on any atom is 3.00 e. The van der Waals surface area contributed by atoms with Gasteiger partial charge in [0.05, 0.1) is 0 Å². The van der Waals surface area contributed by atoms with Crippen LogP contribution in [0.5, 0.6) is 0 Å². The maximum atomic E-state index is 8.42. The zero-order valence-corrected chi connectivity index (χ0v) is 9.40. The normalized spacial score (nSPS) is 5.40. The van der Waals surface area contributed by atoms with E-state index in [-0.39, 0.29) is 58.6 Å². The summed E-state index contributed by atoms with van der Waals surface area (Å²) in [5, 5.41) is 50.5. The summed E-state index contributed by atoms with van der Waals surface area (Å²) in [6, 6.07) is 0. The molecule has 0 N–H and O–H groups in total. The van der Waals surface area contributed by atoms with E-state index in [0.717, 1.165) is 0 Å². The molecule has 0 aromatic carbocycles. The van der Waals surface area contributed by atoms with Crippen LogP contribution < -0.4 is 30.1 Å². The second-order valence-corrected chi connectivity index (χ2v) is 0.577. The fourth-order valence-corrected chi connectivity index (χ4v) is 0. The van der Waals surface area contributed by atoms with Crippen molar-refractivity contribution < 1.29 is 88.7 Å². The number of rotatable bonds is 0. The van der Waals surface area contributed by atoms with Gasteiger partial charge in [0.2, 0.25) is 0 Å². The van der Waals surface area contributed by atoms with Gasteiger partial charge in [0.25, 0.3) is 0 Å². The second-order valence-electron chi connectivity index (χ2n) is 0.577. The van der Waals surface area contributed by atoms with Crippen LogP contribution in [-0.4, -0.2) is 14.6 Å². The van der Waals surface area contributed by atoms with Crippen molar-refractivity contribution in [3.05, 3.63) is 0 Å². The summed E-state index contributed by atoms with van der Waals surface area (Å²) in [4.78, 5) is 0. The van der Waals surface area contributed by atoms with Crippen LogP contribution in [0.3, 0.4) is 0 Å². The van der Waals surface area contributed by atoms with E-state index in [1.807, 2.05) is 0 Å². The molecule has 0 fully saturated rings. The minimum absolute atomic E-state index is 0. The summed E-state index contributed by atoms with van der Waals surface area (Å²) in [6.07, 6.45) is 0. The van der Waals surface area contributed by atoms with Gasteiger partial charge in [-0.2, -0.15) is 0 Å². The van der Waals surface area contributed by atoms with Gasteiger partial charge >= 0.3 is 58.6 Å². The van der Waals surface area contributed by atoms with Crippen molar-refractivity contribution in [3.8, 4) is 0 Å². The average Bonchev–Trinajstić information content (AvgIpc) is 1.25. The molecule has 0 bridgehead atoms. The van der Waals surface area contributed by atoms with E-state index in [9.17, 15) is 0 Å². The van der Waals surface area contributed by atoms with Crippen LogP contribution in [0.15, 0.2) is 0 Å². The van der Waals surface area contributed by atoms with E-state index < -0.39 is 14.6 Å². The van der Waals surface area contributed by atoms with Gasteiger partial charge in [0.15, 0.2) is 0 Å². The first-order valence-electron chi connectivity index (χ1n) is 1.41. The SMILES string of the molecule is [O-]B([O-])[O-].[O-]B([O-])[O-].[Sc+3].[Y+3]. The van der Waals surface area contributed by atoms with Crippen molar-refractivity contribution in [3.63, 3.8) is 0 Å². The van der Waals surface area contributed by atoms with E-state index in [4.69, 9.17) is 30.1 Å². The van der Waals surface area contributed by atoms with Gasteiger partial charge in [-0.3, -0.25) is 14.6 Å². The molecule has 48 valence electrons. The third-order valence-corrected chi connectivity index (χ3v) is 0.